The number of esters is 2. The largest absolute Gasteiger partial charge is 0.493 e. The van der Waals surface area contributed by atoms with E-state index in [1.165, 1.54) is 5.56 Å². The Bertz CT molecular complexity index is 831. The van der Waals surface area contributed by atoms with Crippen molar-refractivity contribution in [3.63, 3.8) is 0 Å². The second kappa shape index (κ2) is 13.0. The van der Waals surface area contributed by atoms with Crippen molar-refractivity contribution >= 4 is 23.7 Å². The predicted octanol–water partition coefficient (Wildman–Crippen LogP) is 4.15. The molecule has 2 aromatic carbocycles. The van der Waals surface area contributed by atoms with Crippen LogP contribution in [0.15, 0.2) is 54.6 Å². The number of nitrogens with one attached hydrogen (secondary N) is 1. The van der Waals surface area contributed by atoms with Gasteiger partial charge in [-0.1, -0.05) is 42.5 Å². The summed E-state index contributed by atoms with van der Waals surface area (Å²) in [5, 5.41) is 2.93. The molecule has 0 aliphatic carbocycles. The molecule has 0 atom stereocenters. The third-order valence-corrected chi connectivity index (χ3v) is 5.03. The standard InChI is InChI=1S/C22H24F3NO4S/c23-22(24,25)21(28)30-20(27)10-12-26-11-9-17-7-4-8-19(15-17)29-13-14-31-16-18-5-2-1-3-6-18/h1-8,15,26H,9-14,16H2. The fraction of sp³-hybridized carbons (Fsp3) is 0.364. The van der Waals surface area contributed by atoms with Crippen LogP contribution in [-0.4, -0.2) is 43.6 Å². The van der Waals surface area contributed by atoms with Gasteiger partial charge in [0.2, 0.25) is 0 Å². The average molecular weight is 455 g/mol. The zero-order chi connectivity index (χ0) is 22.5. The summed E-state index contributed by atoms with van der Waals surface area (Å²) in [7, 11) is 0. The molecule has 0 heterocycles. The maximum atomic E-state index is 12.0. The highest BCUT2D eigenvalue weighted by Crippen LogP contribution is 2.17. The Morgan fingerprint density at radius 1 is 0.968 bits per heavy atom. The quantitative estimate of drug-likeness (QED) is 0.295. The Morgan fingerprint density at radius 3 is 2.45 bits per heavy atom. The second-order valence-corrected chi connectivity index (χ2v) is 7.65. The number of rotatable bonds is 12. The molecular formula is C22H24F3NO4S. The highest BCUT2D eigenvalue weighted by Gasteiger charge is 2.42. The number of halogens is 3. The molecule has 0 saturated carbocycles. The van der Waals surface area contributed by atoms with E-state index in [-0.39, 0.29) is 13.0 Å². The van der Waals surface area contributed by atoms with Gasteiger partial charge in [-0.05, 0) is 36.2 Å². The SMILES string of the molecule is O=C(CCNCCc1cccc(OCCSCc2ccccc2)c1)OC(=O)C(F)(F)F. The highest BCUT2D eigenvalue weighted by atomic mass is 32.2. The number of hydrogen-bond acceptors (Lipinski definition) is 6. The second-order valence-electron chi connectivity index (χ2n) is 6.54. The van der Waals surface area contributed by atoms with Crippen LogP contribution in [0.1, 0.15) is 17.5 Å². The summed E-state index contributed by atoms with van der Waals surface area (Å²) in [5.74, 6) is -1.13. The van der Waals surface area contributed by atoms with Gasteiger partial charge in [0.1, 0.15) is 5.75 Å². The van der Waals surface area contributed by atoms with Crippen LogP contribution >= 0.6 is 11.8 Å². The van der Waals surface area contributed by atoms with E-state index in [9.17, 15) is 22.8 Å². The van der Waals surface area contributed by atoms with E-state index >= 15 is 0 Å². The smallest absolute Gasteiger partial charge is 0.491 e. The predicted molar refractivity (Wildman–Crippen MR) is 113 cm³/mol. The normalized spacial score (nSPS) is 11.2. The van der Waals surface area contributed by atoms with E-state index in [4.69, 9.17) is 4.74 Å². The number of hydrogen-bond donors (Lipinski definition) is 1. The first-order valence-electron chi connectivity index (χ1n) is 9.70. The summed E-state index contributed by atoms with van der Waals surface area (Å²) in [6.45, 7) is 1.22. The van der Waals surface area contributed by atoms with Crippen molar-refractivity contribution in [2.45, 2.75) is 24.8 Å². The molecule has 0 spiro atoms. The Hall–Kier alpha value is -2.52. The lowest BCUT2D eigenvalue weighted by Gasteiger charge is -2.09. The zero-order valence-electron chi connectivity index (χ0n) is 16.8. The van der Waals surface area contributed by atoms with Crippen LogP contribution in [0.5, 0.6) is 5.75 Å². The third kappa shape index (κ3) is 10.4. The minimum Gasteiger partial charge on any atom is -0.493 e. The van der Waals surface area contributed by atoms with Crippen molar-refractivity contribution in [1.82, 2.24) is 5.32 Å². The van der Waals surface area contributed by atoms with Crippen molar-refractivity contribution in [3.8, 4) is 5.75 Å². The van der Waals surface area contributed by atoms with Gasteiger partial charge in [-0.15, -0.1) is 0 Å². The third-order valence-electron chi connectivity index (χ3n) is 4.04. The van der Waals surface area contributed by atoms with Crippen molar-refractivity contribution in [2.24, 2.45) is 0 Å². The summed E-state index contributed by atoms with van der Waals surface area (Å²) in [6.07, 6.45) is -4.85. The number of carbonyl (C=O) groups is 2. The molecule has 0 aliphatic rings. The molecule has 1 N–H and O–H groups in total. The van der Waals surface area contributed by atoms with Crippen molar-refractivity contribution in [1.29, 1.82) is 0 Å². The number of benzene rings is 2. The van der Waals surface area contributed by atoms with Crippen LogP contribution in [0, 0.1) is 0 Å². The topological polar surface area (TPSA) is 64.6 Å². The van der Waals surface area contributed by atoms with Crippen LogP contribution in [0.25, 0.3) is 0 Å². The Labute approximate surface area is 183 Å². The summed E-state index contributed by atoms with van der Waals surface area (Å²) in [4.78, 5) is 21.8. The number of carbonyl (C=O) groups excluding carboxylic acids is 2. The Balaban J connectivity index is 1.58. The lowest BCUT2D eigenvalue weighted by atomic mass is 10.1. The van der Waals surface area contributed by atoms with Crippen LogP contribution < -0.4 is 10.1 Å². The molecule has 0 aromatic heterocycles. The fourth-order valence-electron chi connectivity index (χ4n) is 2.53. The molecule has 9 heteroatoms. The van der Waals surface area contributed by atoms with Gasteiger partial charge in [-0.2, -0.15) is 24.9 Å². The lowest BCUT2D eigenvalue weighted by molar-refractivity contribution is -0.201. The average Bonchev–Trinajstić information content (AvgIpc) is 2.73. The van der Waals surface area contributed by atoms with Crippen molar-refractivity contribution < 1.29 is 32.2 Å². The van der Waals surface area contributed by atoms with Gasteiger partial charge in [0, 0.05) is 18.1 Å². The minimum absolute atomic E-state index is 0.110. The maximum absolute atomic E-state index is 12.0. The van der Waals surface area contributed by atoms with Gasteiger partial charge in [0.05, 0.1) is 13.0 Å². The van der Waals surface area contributed by atoms with Crippen molar-refractivity contribution in [3.05, 3.63) is 65.7 Å². The van der Waals surface area contributed by atoms with Gasteiger partial charge in [0.15, 0.2) is 0 Å². The monoisotopic (exact) mass is 455 g/mol. The van der Waals surface area contributed by atoms with E-state index in [2.05, 4.69) is 22.2 Å². The first-order chi connectivity index (χ1) is 14.8. The van der Waals surface area contributed by atoms with E-state index in [0.29, 0.717) is 19.6 Å². The molecule has 0 saturated heterocycles. The fourth-order valence-corrected chi connectivity index (χ4v) is 3.31. The molecule has 31 heavy (non-hydrogen) atoms. The van der Waals surface area contributed by atoms with Crippen LogP contribution in [0.2, 0.25) is 0 Å². The molecule has 2 aromatic rings. The molecule has 0 radical (unpaired) electrons. The number of ether oxygens (including phenoxy) is 2. The molecular weight excluding hydrogens is 431 g/mol. The van der Waals surface area contributed by atoms with E-state index < -0.39 is 18.1 Å². The van der Waals surface area contributed by atoms with Crippen LogP contribution in [-0.2, 0) is 26.5 Å². The summed E-state index contributed by atoms with van der Waals surface area (Å²) in [6, 6.07) is 17.9. The highest BCUT2D eigenvalue weighted by molar-refractivity contribution is 7.98. The first-order valence-corrected chi connectivity index (χ1v) is 10.9. The molecule has 2 rings (SSSR count). The van der Waals surface area contributed by atoms with Gasteiger partial charge in [-0.3, -0.25) is 4.79 Å². The Morgan fingerprint density at radius 2 is 1.71 bits per heavy atom. The summed E-state index contributed by atoms with van der Waals surface area (Å²) in [5.41, 5.74) is 2.30. The molecule has 0 unspecified atom stereocenters. The van der Waals surface area contributed by atoms with Crippen LogP contribution in [0.4, 0.5) is 13.2 Å². The lowest BCUT2D eigenvalue weighted by Crippen LogP contribution is -2.29. The molecule has 0 bridgehead atoms. The molecule has 0 fully saturated rings. The summed E-state index contributed by atoms with van der Waals surface area (Å²) < 4.78 is 45.5. The Kier molecular flexibility index (Phi) is 10.4. The maximum Gasteiger partial charge on any atom is 0.491 e. The first kappa shape index (κ1) is 24.7. The van der Waals surface area contributed by atoms with Crippen molar-refractivity contribution in [2.75, 3.05) is 25.4 Å². The van der Waals surface area contributed by atoms with E-state index in [1.807, 2.05) is 42.5 Å². The molecule has 5 nitrogen and oxygen atoms in total. The van der Waals surface area contributed by atoms with E-state index in [1.54, 1.807) is 11.8 Å². The summed E-state index contributed by atoms with van der Waals surface area (Å²) >= 11 is 1.80. The van der Waals surface area contributed by atoms with Gasteiger partial charge >= 0.3 is 18.1 Å². The molecule has 0 amide bonds. The minimum atomic E-state index is -5.17. The molecule has 168 valence electrons. The van der Waals surface area contributed by atoms with Gasteiger partial charge < -0.3 is 14.8 Å². The number of thioether (sulfide) groups is 1. The molecule has 0 aliphatic heterocycles. The van der Waals surface area contributed by atoms with Gasteiger partial charge in [-0.25, -0.2) is 4.79 Å². The number of alkyl halides is 3. The van der Waals surface area contributed by atoms with Crippen LogP contribution in [0.3, 0.4) is 0 Å². The van der Waals surface area contributed by atoms with Gasteiger partial charge in [0.25, 0.3) is 0 Å². The zero-order valence-corrected chi connectivity index (χ0v) is 17.6. The van der Waals surface area contributed by atoms with E-state index in [0.717, 1.165) is 22.8 Å².